The molecule has 12 heavy (non-hydrogen) atoms. The lowest BCUT2D eigenvalue weighted by molar-refractivity contribution is -0.115. The van der Waals surface area contributed by atoms with Crippen molar-refractivity contribution >= 4 is 11.6 Å². The number of carbonyl (C=O) groups excluding carboxylic acids is 1. The van der Waals surface area contributed by atoms with Gasteiger partial charge in [-0.2, -0.15) is 5.26 Å². The molecule has 4 nitrogen and oxygen atoms in total. The summed E-state index contributed by atoms with van der Waals surface area (Å²) in [7, 11) is 0. The van der Waals surface area contributed by atoms with Crippen LogP contribution >= 0.6 is 0 Å². The lowest BCUT2D eigenvalue weighted by atomic mass is 10.4. The molecular formula is C8H7N3O. The van der Waals surface area contributed by atoms with Gasteiger partial charge in [0.05, 0.1) is 18.0 Å². The molecule has 1 heterocycles. The smallest absolute Gasteiger partial charge is 0.238 e. The minimum Gasteiger partial charge on any atom is -0.324 e. The van der Waals surface area contributed by atoms with Gasteiger partial charge >= 0.3 is 0 Å². The number of nitrogens with one attached hydrogen (secondary N) is 1. The molecule has 4 heteroatoms. The van der Waals surface area contributed by atoms with Crippen molar-refractivity contribution in [3.8, 4) is 6.07 Å². The Morgan fingerprint density at radius 2 is 2.58 bits per heavy atom. The van der Waals surface area contributed by atoms with Crippen molar-refractivity contribution in [3.05, 3.63) is 24.5 Å². The van der Waals surface area contributed by atoms with E-state index in [1.807, 2.05) is 0 Å². The minimum absolute atomic E-state index is 0.130. The highest BCUT2D eigenvalue weighted by molar-refractivity contribution is 5.91. The molecule has 1 aromatic heterocycles. The van der Waals surface area contributed by atoms with Crippen LogP contribution in [-0.2, 0) is 4.79 Å². The van der Waals surface area contributed by atoms with Crippen LogP contribution in [0.3, 0.4) is 0 Å². The zero-order valence-electron chi connectivity index (χ0n) is 6.32. The summed E-state index contributed by atoms with van der Waals surface area (Å²) < 4.78 is 0. The number of amides is 1. The van der Waals surface area contributed by atoms with E-state index < -0.39 is 0 Å². The van der Waals surface area contributed by atoms with Crippen molar-refractivity contribution in [2.75, 3.05) is 5.32 Å². The molecule has 1 N–H and O–H groups in total. The van der Waals surface area contributed by atoms with Crippen molar-refractivity contribution in [1.82, 2.24) is 4.98 Å². The molecule has 0 radical (unpaired) electrons. The predicted octanol–water partition coefficient (Wildman–Crippen LogP) is 0.934. The Kier molecular flexibility index (Phi) is 2.79. The number of hydrogen-bond acceptors (Lipinski definition) is 3. The van der Waals surface area contributed by atoms with E-state index in [9.17, 15) is 4.79 Å². The van der Waals surface area contributed by atoms with Gasteiger partial charge in [-0.1, -0.05) is 0 Å². The van der Waals surface area contributed by atoms with E-state index in [1.54, 1.807) is 24.4 Å². The third-order valence-electron chi connectivity index (χ3n) is 1.18. The van der Waals surface area contributed by atoms with Crippen LogP contribution in [0.25, 0.3) is 0 Å². The Labute approximate surface area is 69.8 Å². The molecule has 0 aliphatic rings. The summed E-state index contributed by atoms with van der Waals surface area (Å²) in [5.41, 5.74) is 0.609. The number of nitrogens with zero attached hydrogens (tertiary/aromatic N) is 2. The Morgan fingerprint density at radius 3 is 3.17 bits per heavy atom. The largest absolute Gasteiger partial charge is 0.324 e. The van der Waals surface area contributed by atoms with E-state index in [-0.39, 0.29) is 12.3 Å². The van der Waals surface area contributed by atoms with Gasteiger partial charge in [0.1, 0.15) is 6.42 Å². The van der Waals surface area contributed by atoms with E-state index in [4.69, 9.17) is 5.26 Å². The molecule has 0 fully saturated rings. The van der Waals surface area contributed by atoms with E-state index in [1.165, 1.54) is 6.20 Å². The van der Waals surface area contributed by atoms with Crippen molar-refractivity contribution in [1.29, 1.82) is 5.26 Å². The van der Waals surface area contributed by atoms with Gasteiger partial charge in [0.2, 0.25) is 5.91 Å². The topological polar surface area (TPSA) is 65.8 Å². The standard InChI is InChI=1S/C8H7N3O/c9-4-3-8(12)11-7-2-1-5-10-6-7/h1-2,5-6H,3H2,(H,11,12). The molecule has 0 bridgehead atoms. The molecule has 1 rings (SSSR count). The molecule has 0 aromatic carbocycles. The quantitative estimate of drug-likeness (QED) is 0.701. The molecule has 0 aliphatic heterocycles. The maximum atomic E-state index is 10.9. The number of aromatic nitrogens is 1. The van der Waals surface area contributed by atoms with Crippen molar-refractivity contribution in [2.24, 2.45) is 0 Å². The summed E-state index contributed by atoms with van der Waals surface area (Å²) in [4.78, 5) is 14.7. The number of hydrogen-bond donors (Lipinski definition) is 1. The fourth-order valence-corrected chi connectivity index (χ4v) is 0.714. The molecule has 60 valence electrons. The first-order chi connectivity index (χ1) is 5.83. The molecule has 0 saturated carbocycles. The van der Waals surface area contributed by atoms with Crippen LogP contribution in [0.15, 0.2) is 24.5 Å². The Morgan fingerprint density at radius 1 is 1.75 bits per heavy atom. The highest BCUT2D eigenvalue weighted by Gasteiger charge is 1.99. The van der Waals surface area contributed by atoms with E-state index in [2.05, 4.69) is 10.3 Å². The van der Waals surface area contributed by atoms with Crippen LogP contribution in [-0.4, -0.2) is 10.9 Å². The summed E-state index contributed by atoms with van der Waals surface area (Å²) >= 11 is 0. The molecule has 0 atom stereocenters. The second kappa shape index (κ2) is 4.09. The maximum absolute atomic E-state index is 10.9. The fraction of sp³-hybridized carbons (Fsp3) is 0.125. The second-order valence-corrected chi connectivity index (χ2v) is 2.12. The summed E-state index contributed by atoms with van der Waals surface area (Å²) in [5, 5.41) is 10.7. The van der Waals surface area contributed by atoms with E-state index in [0.29, 0.717) is 5.69 Å². The first-order valence-electron chi connectivity index (χ1n) is 3.40. The van der Waals surface area contributed by atoms with Gasteiger partial charge in [-0.05, 0) is 12.1 Å². The van der Waals surface area contributed by atoms with Gasteiger partial charge < -0.3 is 5.32 Å². The van der Waals surface area contributed by atoms with Crippen molar-refractivity contribution < 1.29 is 4.79 Å². The fourth-order valence-electron chi connectivity index (χ4n) is 0.714. The van der Waals surface area contributed by atoms with E-state index in [0.717, 1.165) is 0 Å². The summed E-state index contributed by atoms with van der Waals surface area (Å²) in [5.74, 6) is -0.314. The predicted molar refractivity (Wildman–Crippen MR) is 43.1 cm³/mol. The van der Waals surface area contributed by atoms with Crippen LogP contribution in [0.4, 0.5) is 5.69 Å². The normalized spacial score (nSPS) is 8.58. The zero-order chi connectivity index (χ0) is 8.81. The summed E-state index contributed by atoms with van der Waals surface area (Å²) in [6.45, 7) is 0. The SMILES string of the molecule is N#CCC(=O)Nc1cccnc1. The van der Waals surface area contributed by atoms with Crippen molar-refractivity contribution in [2.45, 2.75) is 6.42 Å². The summed E-state index contributed by atoms with van der Waals surface area (Å²) in [6.07, 6.45) is 3.00. The van der Waals surface area contributed by atoms with Crippen LogP contribution in [0, 0.1) is 11.3 Å². The molecule has 0 saturated heterocycles. The van der Waals surface area contributed by atoms with Crippen molar-refractivity contribution in [3.63, 3.8) is 0 Å². The van der Waals surface area contributed by atoms with Crippen LogP contribution < -0.4 is 5.32 Å². The van der Waals surface area contributed by atoms with Gasteiger partial charge in [0, 0.05) is 6.20 Å². The van der Waals surface area contributed by atoms with Gasteiger partial charge in [0.25, 0.3) is 0 Å². The molecule has 1 amide bonds. The van der Waals surface area contributed by atoms with Gasteiger partial charge in [-0.15, -0.1) is 0 Å². The number of rotatable bonds is 2. The lowest BCUT2D eigenvalue weighted by Gasteiger charge is -1.99. The molecule has 0 aliphatic carbocycles. The monoisotopic (exact) mass is 161 g/mol. The number of nitriles is 1. The minimum atomic E-state index is -0.314. The van der Waals surface area contributed by atoms with Crippen LogP contribution in [0.1, 0.15) is 6.42 Å². The van der Waals surface area contributed by atoms with E-state index >= 15 is 0 Å². The number of anilines is 1. The van der Waals surface area contributed by atoms with Gasteiger partial charge in [-0.25, -0.2) is 0 Å². The Hall–Kier alpha value is -1.89. The zero-order valence-corrected chi connectivity index (χ0v) is 6.32. The molecular weight excluding hydrogens is 154 g/mol. The first kappa shape index (κ1) is 8.21. The Bertz CT molecular complexity index is 302. The second-order valence-electron chi connectivity index (χ2n) is 2.12. The molecule has 0 spiro atoms. The molecule has 0 unspecified atom stereocenters. The average molecular weight is 161 g/mol. The Balaban J connectivity index is 2.54. The van der Waals surface area contributed by atoms with Gasteiger partial charge in [0.15, 0.2) is 0 Å². The number of carbonyl (C=O) groups is 1. The van der Waals surface area contributed by atoms with Gasteiger partial charge in [-0.3, -0.25) is 9.78 Å². The van der Waals surface area contributed by atoms with Crippen LogP contribution in [0.5, 0.6) is 0 Å². The first-order valence-corrected chi connectivity index (χ1v) is 3.40. The van der Waals surface area contributed by atoms with Crippen LogP contribution in [0.2, 0.25) is 0 Å². The lowest BCUT2D eigenvalue weighted by Crippen LogP contribution is -2.09. The summed E-state index contributed by atoms with van der Waals surface area (Å²) in [6, 6.07) is 5.18. The average Bonchev–Trinajstić information content (AvgIpc) is 2.06. The maximum Gasteiger partial charge on any atom is 0.238 e. The third-order valence-corrected chi connectivity index (χ3v) is 1.18. The highest BCUT2D eigenvalue weighted by Crippen LogP contribution is 2.02. The third kappa shape index (κ3) is 2.39. The number of pyridine rings is 1. The highest BCUT2D eigenvalue weighted by atomic mass is 16.1. The molecule has 1 aromatic rings.